The minimum Gasteiger partial charge on any atom is -0.468 e. The third kappa shape index (κ3) is 4.75. The van der Waals surface area contributed by atoms with Gasteiger partial charge in [0.1, 0.15) is 13.1 Å². The first-order chi connectivity index (χ1) is 15.3. The van der Waals surface area contributed by atoms with Crippen molar-refractivity contribution in [3.8, 4) is 0 Å². The summed E-state index contributed by atoms with van der Waals surface area (Å²) in [5.74, 6) is -1.51. The van der Waals surface area contributed by atoms with E-state index in [9.17, 15) is 24.0 Å². The summed E-state index contributed by atoms with van der Waals surface area (Å²) in [5, 5.41) is 5.43. The first kappa shape index (κ1) is 22.5. The molecule has 0 aliphatic heterocycles. The summed E-state index contributed by atoms with van der Waals surface area (Å²) < 4.78 is 6.80. The first-order valence-corrected chi connectivity index (χ1v) is 9.83. The van der Waals surface area contributed by atoms with Crippen molar-refractivity contribution in [3.63, 3.8) is 0 Å². The van der Waals surface area contributed by atoms with Gasteiger partial charge in [-0.2, -0.15) is 0 Å². The smallest absolute Gasteiger partial charge is 0.331 e. The zero-order chi connectivity index (χ0) is 23.3. The molecule has 2 N–H and O–H groups in total. The third-order valence-corrected chi connectivity index (χ3v) is 4.80. The van der Waals surface area contributed by atoms with Crippen LogP contribution >= 0.6 is 0 Å². The molecule has 1 heterocycles. The Hall–Kier alpha value is -4.21. The lowest BCUT2D eigenvalue weighted by molar-refractivity contribution is -0.139. The molecule has 0 spiro atoms. The van der Waals surface area contributed by atoms with Gasteiger partial charge in [-0.15, -0.1) is 0 Å². The van der Waals surface area contributed by atoms with Crippen LogP contribution in [0.15, 0.2) is 58.1 Å². The highest BCUT2D eigenvalue weighted by molar-refractivity contribution is 5.97. The molecule has 1 aromatic heterocycles. The number of aromatic nitrogens is 2. The Kier molecular flexibility index (Phi) is 6.83. The fourth-order valence-electron chi connectivity index (χ4n) is 3.18. The Labute approximate surface area is 182 Å². The number of anilines is 1. The van der Waals surface area contributed by atoms with E-state index in [-0.39, 0.29) is 19.6 Å². The Balaban J connectivity index is 1.76. The molecule has 10 nitrogen and oxygen atoms in total. The van der Waals surface area contributed by atoms with E-state index in [2.05, 4.69) is 15.4 Å². The van der Waals surface area contributed by atoms with Crippen molar-refractivity contribution in [3.05, 3.63) is 74.9 Å². The second kappa shape index (κ2) is 9.73. The fraction of sp³-hybridized carbons (Fsp3) is 0.227. The van der Waals surface area contributed by atoms with Crippen molar-refractivity contribution in [2.24, 2.45) is 0 Å². The number of fused-ring (bicyclic) bond motifs is 1. The van der Waals surface area contributed by atoms with Gasteiger partial charge in [-0.05, 0) is 43.3 Å². The summed E-state index contributed by atoms with van der Waals surface area (Å²) >= 11 is 0. The van der Waals surface area contributed by atoms with Gasteiger partial charge in [0, 0.05) is 17.8 Å². The SMILES string of the molecule is CCn1c(=O)c2ccccc2n(CC(=O)Nc2ccc(C(=O)NCC(=O)OC)cc2)c1=O. The Bertz CT molecular complexity index is 1290. The normalized spacial score (nSPS) is 10.6. The van der Waals surface area contributed by atoms with Crippen LogP contribution in [0.4, 0.5) is 5.69 Å². The number of benzene rings is 2. The molecule has 166 valence electrons. The van der Waals surface area contributed by atoms with Gasteiger partial charge < -0.3 is 15.4 Å². The number of esters is 1. The Morgan fingerprint density at radius 1 is 0.969 bits per heavy atom. The summed E-state index contributed by atoms with van der Waals surface area (Å²) in [7, 11) is 1.22. The van der Waals surface area contributed by atoms with Gasteiger partial charge in [-0.3, -0.25) is 28.3 Å². The standard InChI is InChI=1S/C22H22N4O6/c1-3-25-21(30)16-6-4-5-7-17(16)26(22(25)31)13-18(27)24-15-10-8-14(9-11-15)20(29)23-12-19(28)32-2/h4-11H,3,12-13H2,1-2H3,(H,23,29)(H,24,27). The predicted octanol–water partition coefficient (Wildman–Crippen LogP) is 0.725. The van der Waals surface area contributed by atoms with Crippen LogP contribution in [0.5, 0.6) is 0 Å². The first-order valence-electron chi connectivity index (χ1n) is 9.83. The van der Waals surface area contributed by atoms with E-state index in [0.717, 1.165) is 4.57 Å². The summed E-state index contributed by atoms with van der Waals surface area (Å²) in [6, 6.07) is 12.6. The van der Waals surface area contributed by atoms with Crippen LogP contribution in [0.3, 0.4) is 0 Å². The number of nitrogens with one attached hydrogen (secondary N) is 2. The number of carbonyl (C=O) groups excluding carboxylic acids is 3. The van der Waals surface area contributed by atoms with E-state index in [4.69, 9.17) is 0 Å². The molecular weight excluding hydrogens is 416 g/mol. The van der Waals surface area contributed by atoms with Gasteiger partial charge in [-0.1, -0.05) is 12.1 Å². The summed E-state index contributed by atoms with van der Waals surface area (Å²) in [5.41, 5.74) is 0.125. The number of para-hydroxylation sites is 1. The van der Waals surface area contributed by atoms with Crippen LogP contribution in [-0.2, 0) is 27.4 Å². The van der Waals surface area contributed by atoms with Crippen molar-refractivity contribution >= 4 is 34.4 Å². The minimum atomic E-state index is -0.570. The average molecular weight is 438 g/mol. The van der Waals surface area contributed by atoms with Gasteiger partial charge >= 0.3 is 11.7 Å². The van der Waals surface area contributed by atoms with Crippen LogP contribution in [0.1, 0.15) is 17.3 Å². The van der Waals surface area contributed by atoms with Gasteiger partial charge in [-0.25, -0.2) is 4.79 Å². The third-order valence-electron chi connectivity index (χ3n) is 4.80. The summed E-state index contributed by atoms with van der Waals surface area (Å²) in [6.07, 6.45) is 0. The molecule has 0 aliphatic rings. The molecule has 3 aromatic rings. The Morgan fingerprint density at radius 2 is 1.66 bits per heavy atom. The number of hydrogen-bond acceptors (Lipinski definition) is 6. The van der Waals surface area contributed by atoms with Crippen molar-refractivity contribution in [1.82, 2.24) is 14.5 Å². The lowest BCUT2D eigenvalue weighted by Gasteiger charge is -2.13. The molecule has 0 unspecified atom stereocenters. The monoisotopic (exact) mass is 438 g/mol. The molecule has 10 heteroatoms. The highest BCUT2D eigenvalue weighted by atomic mass is 16.5. The second-order valence-corrected chi connectivity index (χ2v) is 6.82. The molecule has 0 bridgehead atoms. The van der Waals surface area contributed by atoms with Crippen LogP contribution < -0.4 is 21.9 Å². The minimum absolute atomic E-state index is 0.184. The maximum Gasteiger partial charge on any atom is 0.331 e. The molecule has 0 fully saturated rings. The molecule has 0 radical (unpaired) electrons. The number of hydrogen-bond donors (Lipinski definition) is 2. The van der Waals surface area contributed by atoms with Crippen LogP contribution in [0.2, 0.25) is 0 Å². The Morgan fingerprint density at radius 3 is 2.31 bits per heavy atom. The number of amides is 2. The van der Waals surface area contributed by atoms with Crippen LogP contribution in [-0.4, -0.2) is 40.6 Å². The van der Waals surface area contributed by atoms with Crippen LogP contribution in [0.25, 0.3) is 10.9 Å². The van der Waals surface area contributed by atoms with E-state index >= 15 is 0 Å². The van der Waals surface area contributed by atoms with E-state index in [1.807, 2.05) is 0 Å². The van der Waals surface area contributed by atoms with Gasteiger partial charge in [0.15, 0.2) is 0 Å². The van der Waals surface area contributed by atoms with Crippen molar-refractivity contribution in [2.75, 3.05) is 19.0 Å². The van der Waals surface area contributed by atoms with Crippen molar-refractivity contribution in [1.29, 1.82) is 0 Å². The maximum atomic E-state index is 12.7. The summed E-state index contributed by atoms with van der Waals surface area (Å²) in [6.45, 7) is 1.33. The highest BCUT2D eigenvalue weighted by Gasteiger charge is 2.15. The largest absolute Gasteiger partial charge is 0.468 e. The number of rotatable bonds is 7. The number of ether oxygens (including phenoxy) is 1. The topological polar surface area (TPSA) is 128 Å². The van der Waals surface area contributed by atoms with Gasteiger partial charge in [0.05, 0.1) is 18.0 Å². The molecule has 0 atom stereocenters. The second-order valence-electron chi connectivity index (χ2n) is 6.82. The molecular formula is C22H22N4O6. The lowest BCUT2D eigenvalue weighted by atomic mass is 10.2. The highest BCUT2D eigenvalue weighted by Crippen LogP contribution is 2.11. The van der Waals surface area contributed by atoms with E-state index in [1.54, 1.807) is 31.2 Å². The maximum absolute atomic E-state index is 12.7. The zero-order valence-electron chi connectivity index (χ0n) is 17.6. The quantitative estimate of drug-likeness (QED) is 0.523. The van der Waals surface area contributed by atoms with Gasteiger partial charge in [0.25, 0.3) is 11.5 Å². The molecule has 0 aliphatic carbocycles. The van der Waals surface area contributed by atoms with Gasteiger partial charge in [0.2, 0.25) is 5.91 Å². The molecule has 3 rings (SSSR count). The summed E-state index contributed by atoms with van der Waals surface area (Å²) in [4.78, 5) is 61.0. The number of nitrogens with zero attached hydrogens (tertiary/aromatic N) is 2. The van der Waals surface area contributed by atoms with Crippen molar-refractivity contribution in [2.45, 2.75) is 20.0 Å². The zero-order valence-corrected chi connectivity index (χ0v) is 17.6. The average Bonchev–Trinajstić information content (AvgIpc) is 2.80. The predicted molar refractivity (Wildman–Crippen MR) is 118 cm³/mol. The number of carbonyl (C=O) groups is 3. The number of methoxy groups -OCH3 is 1. The van der Waals surface area contributed by atoms with Crippen molar-refractivity contribution < 1.29 is 19.1 Å². The molecule has 0 saturated heterocycles. The molecule has 0 saturated carbocycles. The van der Waals surface area contributed by atoms with E-state index in [1.165, 1.54) is 35.9 Å². The van der Waals surface area contributed by atoms with E-state index in [0.29, 0.717) is 22.2 Å². The molecule has 2 aromatic carbocycles. The molecule has 2 amide bonds. The van der Waals surface area contributed by atoms with E-state index < -0.39 is 29.0 Å². The van der Waals surface area contributed by atoms with Crippen LogP contribution in [0, 0.1) is 0 Å². The lowest BCUT2D eigenvalue weighted by Crippen LogP contribution is -2.41. The fourth-order valence-corrected chi connectivity index (χ4v) is 3.18. The molecule has 32 heavy (non-hydrogen) atoms.